The van der Waals surface area contributed by atoms with Crippen molar-refractivity contribution in [2.75, 3.05) is 64.3 Å². The summed E-state index contributed by atoms with van der Waals surface area (Å²) in [7, 11) is 0. The van der Waals surface area contributed by atoms with Crippen LogP contribution in [-0.2, 0) is 6.42 Å². The zero-order valence-corrected chi connectivity index (χ0v) is 21.5. The average molecular weight is 486 g/mol. The lowest BCUT2D eigenvalue weighted by Crippen LogP contribution is -2.51. The molecule has 4 rings (SSSR count). The highest BCUT2D eigenvalue weighted by Gasteiger charge is 2.23. The van der Waals surface area contributed by atoms with Gasteiger partial charge in [-0.1, -0.05) is 19.4 Å². The molecule has 3 heterocycles. The molecule has 186 valence electrons. The summed E-state index contributed by atoms with van der Waals surface area (Å²) in [6, 6.07) is 6.32. The fraction of sp³-hybridized carbons (Fsp3) is 0.615. The maximum absolute atomic E-state index is 12.9. The Morgan fingerprint density at radius 2 is 1.79 bits per heavy atom. The fourth-order valence-corrected chi connectivity index (χ4v) is 5.38. The number of piperazine rings is 1. The number of amides is 2. The molecule has 0 aliphatic carbocycles. The number of hydrogen-bond donors (Lipinski definition) is 1. The Morgan fingerprint density at radius 1 is 1.06 bits per heavy atom. The van der Waals surface area contributed by atoms with Crippen LogP contribution in [-0.4, -0.2) is 84.7 Å². The molecule has 0 spiro atoms. The molecular formula is C26H39N5O2S. The van der Waals surface area contributed by atoms with Gasteiger partial charge in [0, 0.05) is 50.2 Å². The first-order valence-electron chi connectivity index (χ1n) is 12.9. The molecule has 0 atom stereocenters. The molecule has 1 aromatic carbocycles. The van der Waals surface area contributed by atoms with Crippen molar-refractivity contribution in [3.63, 3.8) is 0 Å². The third-order valence-corrected chi connectivity index (χ3v) is 7.51. The minimum Gasteiger partial charge on any atom is -0.493 e. The molecule has 1 N–H and O–H groups in total. The number of carbonyl (C=O) groups is 1. The number of ether oxygens (including phenoxy) is 1. The topological polar surface area (TPSA) is 60.9 Å². The number of anilines is 1. The molecule has 2 amide bonds. The van der Waals surface area contributed by atoms with E-state index in [9.17, 15) is 4.79 Å². The normalized spacial score (nSPS) is 17.3. The number of urea groups is 1. The van der Waals surface area contributed by atoms with Crippen LogP contribution < -0.4 is 10.1 Å². The van der Waals surface area contributed by atoms with Gasteiger partial charge in [0.05, 0.1) is 12.3 Å². The van der Waals surface area contributed by atoms with Gasteiger partial charge in [0.2, 0.25) is 0 Å². The van der Waals surface area contributed by atoms with Gasteiger partial charge < -0.3 is 14.5 Å². The highest BCUT2D eigenvalue weighted by atomic mass is 32.1. The molecule has 0 saturated carbocycles. The van der Waals surface area contributed by atoms with E-state index in [1.165, 1.54) is 49.3 Å². The summed E-state index contributed by atoms with van der Waals surface area (Å²) in [5.74, 6) is 0.843. The largest absolute Gasteiger partial charge is 0.493 e. The molecule has 2 aliphatic heterocycles. The van der Waals surface area contributed by atoms with Crippen molar-refractivity contribution in [2.45, 2.75) is 46.0 Å². The van der Waals surface area contributed by atoms with Gasteiger partial charge in [-0.15, -0.1) is 11.3 Å². The maximum Gasteiger partial charge on any atom is 0.323 e. The molecule has 0 radical (unpaired) electrons. The van der Waals surface area contributed by atoms with Crippen LogP contribution >= 0.6 is 11.3 Å². The number of likely N-dealkylation sites (tertiary alicyclic amines) is 1. The van der Waals surface area contributed by atoms with Crippen LogP contribution in [0.2, 0.25) is 0 Å². The number of benzene rings is 1. The number of unbranched alkanes of at least 4 members (excludes halogenated alkanes) is 1. The minimum atomic E-state index is -0.0539. The molecule has 34 heavy (non-hydrogen) atoms. The SMILES string of the molecule is CCCCc1ccc(OCC)c(-c2csc(NC(=O)N3CCN(CCN4CCCC4)CC3)n2)c1. The van der Waals surface area contributed by atoms with Gasteiger partial charge >= 0.3 is 6.03 Å². The summed E-state index contributed by atoms with van der Waals surface area (Å²) in [6.45, 7) is 12.9. The van der Waals surface area contributed by atoms with E-state index in [2.05, 4.69) is 34.2 Å². The molecule has 1 aromatic heterocycles. The van der Waals surface area contributed by atoms with E-state index in [0.717, 1.165) is 69.1 Å². The van der Waals surface area contributed by atoms with Crippen molar-refractivity contribution in [2.24, 2.45) is 0 Å². The monoisotopic (exact) mass is 485 g/mol. The van der Waals surface area contributed by atoms with Crippen LogP contribution in [0.25, 0.3) is 11.3 Å². The van der Waals surface area contributed by atoms with Crippen molar-refractivity contribution in [3.05, 3.63) is 29.1 Å². The molecular weight excluding hydrogens is 446 g/mol. The van der Waals surface area contributed by atoms with Crippen molar-refractivity contribution >= 4 is 22.5 Å². The van der Waals surface area contributed by atoms with Crippen LogP contribution in [0.3, 0.4) is 0 Å². The van der Waals surface area contributed by atoms with E-state index < -0.39 is 0 Å². The number of rotatable bonds is 10. The van der Waals surface area contributed by atoms with Crippen LogP contribution in [0.4, 0.5) is 9.93 Å². The smallest absolute Gasteiger partial charge is 0.323 e. The molecule has 0 bridgehead atoms. The molecule has 2 aromatic rings. The number of hydrogen-bond acceptors (Lipinski definition) is 6. The summed E-state index contributed by atoms with van der Waals surface area (Å²) in [6.07, 6.45) is 6.06. The van der Waals surface area contributed by atoms with Crippen molar-refractivity contribution < 1.29 is 9.53 Å². The Labute approximate surface area is 208 Å². The second-order valence-corrected chi connectivity index (χ2v) is 10.1. The van der Waals surface area contributed by atoms with Gasteiger partial charge in [-0.3, -0.25) is 10.2 Å². The standard InChI is InChI=1S/C26H39N5O2S/c1-3-5-8-21-9-10-24(33-4-2)22(19-21)23-20-34-25(27-23)28-26(32)31-17-15-30(16-18-31)14-13-29-11-6-7-12-29/h9-10,19-20H,3-8,11-18H2,1-2H3,(H,27,28,32). The van der Waals surface area contributed by atoms with E-state index in [1.807, 2.05) is 23.3 Å². The number of aromatic nitrogens is 1. The Bertz CT molecular complexity index is 920. The lowest BCUT2D eigenvalue weighted by molar-refractivity contribution is 0.137. The second kappa shape index (κ2) is 12.5. The highest BCUT2D eigenvalue weighted by Crippen LogP contribution is 2.34. The summed E-state index contributed by atoms with van der Waals surface area (Å²) >= 11 is 1.47. The van der Waals surface area contributed by atoms with Crippen molar-refractivity contribution in [3.8, 4) is 17.0 Å². The van der Waals surface area contributed by atoms with Crippen molar-refractivity contribution in [1.29, 1.82) is 0 Å². The molecule has 7 nitrogen and oxygen atoms in total. The summed E-state index contributed by atoms with van der Waals surface area (Å²) in [4.78, 5) is 24.5. The fourth-order valence-electron chi connectivity index (χ4n) is 4.68. The molecule has 8 heteroatoms. The van der Waals surface area contributed by atoms with Crippen LogP contribution in [0.1, 0.15) is 45.1 Å². The third kappa shape index (κ3) is 6.71. The first-order chi connectivity index (χ1) is 16.7. The summed E-state index contributed by atoms with van der Waals surface area (Å²) < 4.78 is 5.86. The van der Waals surface area contributed by atoms with E-state index in [1.54, 1.807) is 0 Å². The second-order valence-electron chi connectivity index (χ2n) is 9.21. The Kier molecular flexibility index (Phi) is 9.18. The number of nitrogens with one attached hydrogen (secondary N) is 1. The van der Waals surface area contributed by atoms with Crippen molar-refractivity contribution in [1.82, 2.24) is 19.7 Å². The lowest BCUT2D eigenvalue weighted by atomic mass is 10.0. The van der Waals surface area contributed by atoms with Gasteiger partial charge in [0.1, 0.15) is 5.75 Å². The van der Waals surface area contributed by atoms with Gasteiger partial charge in [0.25, 0.3) is 0 Å². The number of carbonyl (C=O) groups excluding carboxylic acids is 1. The Morgan fingerprint density at radius 3 is 2.50 bits per heavy atom. The minimum absolute atomic E-state index is 0.0539. The molecule has 0 unspecified atom stereocenters. The first-order valence-corrected chi connectivity index (χ1v) is 13.8. The number of nitrogens with zero attached hydrogens (tertiary/aromatic N) is 4. The van der Waals surface area contributed by atoms with Crippen LogP contribution in [0.5, 0.6) is 5.75 Å². The van der Waals surface area contributed by atoms with E-state index >= 15 is 0 Å². The third-order valence-electron chi connectivity index (χ3n) is 6.75. The van der Waals surface area contributed by atoms with E-state index in [-0.39, 0.29) is 6.03 Å². The Balaban J connectivity index is 1.31. The van der Waals surface area contributed by atoms with Crippen LogP contribution in [0.15, 0.2) is 23.6 Å². The van der Waals surface area contributed by atoms with Gasteiger partial charge in [-0.05, 0) is 63.4 Å². The van der Waals surface area contributed by atoms with Gasteiger partial charge in [0.15, 0.2) is 5.13 Å². The van der Waals surface area contributed by atoms with E-state index in [0.29, 0.717) is 11.7 Å². The van der Waals surface area contributed by atoms with Crippen LogP contribution in [0, 0.1) is 0 Å². The molecule has 2 aliphatic rings. The van der Waals surface area contributed by atoms with Gasteiger partial charge in [-0.2, -0.15) is 0 Å². The quantitative estimate of drug-likeness (QED) is 0.524. The number of thiazole rings is 1. The number of aryl methyl sites for hydroxylation is 1. The first kappa shape index (κ1) is 24.9. The maximum atomic E-state index is 12.9. The molecule has 2 fully saturated rings. The average Bonchev–Trinajstić information content (AvgIpc) is 3.55. The Hall–Kier alpha value is -2.16. The molecule has 2 saturated heterocycles. The highest BCUT2D eigenvalue weighted by molar-refractivity contribution is 7.14. The zero-order chi connectivity index (χ0) is 23.8. The zero-order valence-electron chi connectivity index (χ0n) is 20.7. The van der Waals surface area contributed by atoms with Gasteiger partial charge in [-0.25, -0.2) is 9.78 Å². The van der Waals surface area contributed by atoms with E-state index in [4.69, 9.17) is 9.72 Å². The summed E-state index contributed by atoms with van der Waals surface area (Å²) in [5, 5.41) is 5.66. The predicted octanol–water partition coefficient (Wildman–Crippen LogP) is 4.80. The lowest BCUT2D eigenvalue weighted by Gasteiger charge is -2.35. The summed E-state index contributed by atoms with van der Waals surface area (Å²) in [5.41, 5.74) is 3.15. The predicted molar refractivity (Wildman–Crippen MR) is 140 cm³/mol.